The zero-order valence-corrected chi connectivity index (χ0v) is 19.4. The third-order valence-corrected chi connectivity index (χ3v) is 6.48. The number of anilines is 1. The van der Waals surface area contributed by atoms with Crippen molar-refractivity contribution in [3.05, 3.63) is 79.6 Å². The summed E-state index contributed by atoms with van der Waals surface area (Å²) in [4.78, 5) is 13.6. The molecule has 0 bridgehead atoms. The number of hydrogen-bond acceptors (Lipinski definition) is 8. The number of aromatic amines is 1. The van der Waals surface area contributed by atoms with Gasteiger partial charge in [-0.1, -0.05) is 34.1 Å². The summed E-state index contributed by atoms with van der Waals surface area (Å²) in [5, 5.41) is 29.2. The van der Waals surface area contributed by atoms with Gasteiger partial charge in [0.05, 0.1) is 35.3 Å². The standard InChI is InChI=1S/C23H19BrN6O4/c24-15-4-1-13(2-5-15)21-20-19(16(12-25)22(26)34-23(20)28-27-21)14-3-6-17(18(11-14)30(31)32)29-7-9-33-10-8-29/h1-6,11,19H,7-10,26H2,(H,27,28)/t19-/m1/s1. The highest BCUT2D eigenvalue weighted by Crippen LogP contribution is 2.47. The van der Waals surface area contributed by atoms with Gasteiger partial charge in [-0.3, -0.25) is 15.2 Å². The first-order chi connectivity index (χ1) is 16.5. The highest BCUT2D eigenvalue weighted by Gasteiger charge is 2.37. The van der Waals surface area contributed by atoms with Crippen LogP contribution in [-0.2, 0) is 4.74 Å². The van der Waals surface area contributed by atoms with Crippen LogP contribution in [-0.4, -0.2) is 41.4 Å². The molecular formula is C23H19BrN6O4. The van der Waals surface area contributed by atoms with Crippen molar-refractivity contribution in [3.8, 4) is 23.2 Å². The van der Waals surface area contributed by atoms with Crippen LogP contribution in [0.25, 0.3) is 11.3 Å². The number of nitriles is 1. The van der Waals surface area contributed by atoms with Gasteiger partial charge in [0.25, 0.3) is 5.69 Å². The van der Waals surface area contributed by atoms with Gasteiger partial charge in [-0.05, 0) is 23.8 Å². The van der Waals surface area contributed by atoms with Crippen LogP contribution in [0.2, 0.25) is 0 Å². The van der Waals surface area contributed by atoms with Crippen LogP contribution in [0.1, 0.15) is 17.0 Å². The number of aromatic nitrogens is 2. The molecule has 0 saturated carbocycles. The molecule has 3 aromatic rings. The Morgan fingerprint density at radius 2 is 1.97 bits per heavy atom. The minimum Gasteiger partial charge on any atom is -0.420 e. The van der Waals surface area contributed by atoms with E-state index in [4.69, 9.17) is 15.2 Å². The first-order valence-corrected chi connectivity index (χ1v) is 11.3. The lowest BCUT2D eigenvalue weighted by molar-refractivity contribution is -0.384. The molecule has 10 nitrogen and oxygen atoms in total. The number of nitro benzene ring substituents is 1. The number of rotatable bonds is 4. The summed E-state index contributed by atoms with van der Waals surface area (Å²) in [7, 11) is 0. The van der Waals surface area contributed by atoms with Gasteiger partial charge >= 0.3 is 0 Å². The highest BCUT2D eigenvalue weighted by atomic mass is 79.9. The summed E-state index contributed by atoms with van der Waals surface area (Å²) < 4.78 is 11.9. The fraction of sp³-hybridized carbons (Fsp3) is 0.217. The Morgan fingerprint density at radius 1 is 1.24 bits per heavy atom. The van der Waals surface area contributed by atoms with Crippen LogP contribution >= 0.6 is 15.9 Å². The summed E-state index contributed by atoms with van der Waals surface area (Å²) in [6, 6.07) is 14.7. The zero-order valence-electron chi connectivity index (χ0n) is 17.8. The van der Waals surface area contributed by atoms with Crippen molar-refractivity contribution in [2.45, 2.75) is 5.92 Å². The SMILES string of the molecule is N#CC1=C(N)Oc2n[nH]c(-c3ccc(Br)cc3)c2[C@@H]1c1ccc(N2CCOCC2)c([N+](=O)[O-])c1. The molecule has 3 heterocycles. The van der Waals surface area contributed by atoms with E-state index in [-0.39, 0.29) is 23.0 Å². The Kier molecular flexibility index (Phi) is 5.69. The lowest BCUT2D eigenvalue weighted by Gasteiger charge is -2.29. The summed E-state index contributed by atoms with van der Waals surface area (Å²) in [5.41, 5.74) is 9.32. The molecule has 0 spiro atoms. The van der Waals surface area contributed by atoms with E-state index in [0.29, 0.717) is 48.8 Å². The molecule has 2 aliphatic rings. The zero-order chi connectivity index (χ0) is 23.8. The quantitative estimate of drug-likeness (QED) is 0.388. The number of H-pyrrole nitrogens is 1. The number of benzene rings is 2. The van der Waals surface area contributed by atoms with Crippen LogP contribution in [0, 0.1) is 21.4 Å². The normalized spacial score (nSPS) is 17.6. The molecule has 0 radical (unpaired) electrons. The summed E-state index contributed by atoms with van der Waals surface area (Å²) >= 11 is 3.43. The lowest BCUT2D eigenvalue weighted by Crippen LogP contribution is -2.36. The Bertz CT molecular complexity index is 1340. The van der Waals surface area contributed by atoms with E-state index in [1.807, 2.05) is 29.2 Å². The van der Waals surface area contributed by atoms with Crippen LogP contribution in [0.15, 0.2) is 58.4 Å². The monoisotopic (exact) mass is 522 g/mol. The second kappa shape index (κ2) is 8.81. The molecule has 11 heteroatoms. The average molecular weight is 523 g/mol. The molecule has 1 atom stereocenters. The first kappa shape index (κ1) is 21.9. The van der Waals surface area contributed by atoms with Gasteiger partial charge in [-0.25, -0.2) is 0 Å². The molecule has 5 rings (SSSR count). The van der Waals surface area contributed by atoms with Crippen LogP contribution in [0.4, 0.5) is 11.4 Å². The summed E-state index contributed by atoms with van der Waals surface area (Å²) in [6.07, 6.45) is 0. The molecule has 3 N–H and O–H groups in total. The Labute approximate surface area is 202 Å². The number of nitrogens with one attached hydrogen (secondary N) is 1. The fourth-order valence-electron chi connectivity index (χ4n) is 4.35. The minimum absolute atomic E-state index is 0.0445. The molecule has 2 aromatic carbocycles. The van der Waals surface area contributed by atoms with E-state index in [9.17, 15) is 15.4 Å². The first-order valence-electron chi connectivity index (χ1n) is 10.5. The predicted octanol–water partition coefficient (Wildman–Crippen LogP) is 3.80. The summed E-state index contributed by atoms with van der Waals surface area (Å²) in [5.74, 6) is -0.531. The van der Waals surface area contributed by atoms with Crippen molar-refractivity contribution >= 4 is 27.3 Å². The third-order valence-electron chi connectivity index (χ3n) is 5.95. The number of nitrogens with zero attached hydrogens (tertiary/aromatic N) is 4. The molecule has 0 unspecified atom stereocenters. The molecule has 0 aliphatic carbocycles. The smallest absolute Gasteiger partial charge is 0.292 e. The van der Waals surface area contributed by atoms with Crippen LogP contribution < -0.4 is 15.4 Å². The van der Waals surface area contributed by atoms with Crippen molar-refractivity contribution in [1.82, 2.24) is 10.2 Å². The third kappa shape index (κ3) is 3.76. The molecule has 1 saturated heterocycles. The second-order valence-electron chi connectivity index (χ2n) is 7.85. The van der Waals surface area contributed by atoms with E-state index in [1.165, 1.54) is 6.07 Å². The van der Waals surface area contributed by atoms with Gasteiger partial charge in [0, 0.05) is 29.2 Å². The largest absolute Gasteiger partial charge is 0.420 e. The highest BCUT2D eigenvalue weighted by molar-refractivity contribution is 9.10. The molecule has 172 valence electrons. The van der Waals surface area contributed by atoms with Crippen molar-refractivity contribution in [1.29, 1.82) is 5.26 Å². The van der Waals surface area contributed by atoms with Crippen molar-refractivity contribution in [2.24, 2.45) is 5.73 Å². The van der Waals surface area contributed by atoms with Gasteiger partial charge in [0.1, 0.15) is 17.3 Å². The summed E-state index contributed by atoms with van der Waals surface area (Å²) in [6.45, 7) is 2.14. The van der Waals surface area contributed by atoms with Crippen LogP contribution in [0.5, 0.6) is 5.88 Å². The Hall–Kier alpha value is -3.88. The van der Waals surface area contributed by atoms with E-state index in [1.54, 1.807) is 12.1 Å². The average Bonchev–Trinajstić information content (AvgIpc) is 3.27. The maximum absolute atomic E-state index is 12.0. The molecular weight excluding hydrogens is 504 g/mol. The second-order valence-corrected chi connectivity index (χ2v) is 8.77. The number of hydrogen-bond donors (Lipinski definition) is 2. The molecule has 0 amide bonds. The van der Waals surface area contributed by atoms with E-state index in [0.717, 1.165) is 10.0 Å². The number of allylic oxidation sites excluding steroid dienone is 1. The Balaban J connectivity index is 1.67. The predicted molar refractivity (Wildman–Crippen MR) is 127 cm³/mol. The van der Waals surface area contributed by atoms with Gasteiger partial charge in [-0.2, -0.15) is 5.26 Å². The number of ether oxygens (including phenoxy) is 2. The number of halogens is 1. The molecule has 1 fully saturated rings. The number of fused-ring (bicyclic) bond motifs is 1. The van der Waals surface area contributed by atoms with E-state index < -0.39 is 10.8 Å². The number of morpholine rings is 1. The van der Waals surface area contributed by atoms with Crippen molar-refractivity contribution < 1.29 is 14.4 Å². The van der Waals surface area contributed by atoms with Crippen LogP contribution in [0.3, 0.4) is 0 Å². The fourth-order valence-corrected chi connectivity index (χ4v) is 4.62. The number of nitrogens with two attached hydrogens (primary N) is 1. The Morgan fingerprint density at radius 3 is 2.65 bits per heavy atom. The van der Waals surface area contributed by atoms with Gasteiger partial charge in [-0.15, -0.1) is 5.10 Å². The molecule has 1 aromatic heterocycles. The maximum Gasteiger partial charge on any atom is 0.292 e. The van der Waals surface area contributed by atoms with E-state index in [2.05, 4.69) is 32.2 Å². The van der Waals surface area contributed by atoms with Gasteiger partial charge < -0.3 is 20.1 Å². The lowest BCUT2D eigenvalue weighted by atomic mass is 9.82. The van der Waals surface area contributed by atoms with E-state index >= 15 is 0 Å². The topological polar surface area (TPSA) is 143 Å². The number of nitro groups is 1. The molecule has 34 heavy (non-hydrogen) atoms. The molecule has 2 aliphatic heterocycles. The van der Waals surface area contributed by atoms with Gasteiger partial charge in [0.2, 0.25) is 11.8 Å². The van der Waals surface area contributed by atoms with Gasteiger partial charge in [0.15, 0.2) is 0 Å². The maximum atomic E-state index is 12.0. The van der Waals surface area contributed by atoms with Crippen molar-refractivity contribution in [2.75, 3.05) is 31.2 Å². The minimum atomic E-state index is -0.691. The van der Waals surface area contributed by atoms with Crippen molar-refractivity contribution in [3.63, 3.8) is 0 Å².